The highest BCUT2D eigenvalue weighted by atomic mass is 32.2. The number of hydrogen-bond acceptors (Lipinski definition) is 17. The summed E-state index contributed by atoms with van der Waals surface area (Å²) < 4.78 is 131. The van der Waals surface area contributed by atoms with Gasteiger partial charge in [0.1, 0.15) is 15.6 Å². The summed E-state index contributed by atoms with van der Waals surface area (Å²) in [5.41, 5.74) is 4.66. The molecule has 0 amide bonds. The molecule has 0 atom stereocenters. The molecule has 432 valence electrons. The Bertz CT molecular complexity index is 3150. The zero-order valence-electron chi connectivity index (χ0n) is 45.5. The van der Waals surface area contributed by atoms with Crippen molar-refractivity contribution in [3.05, 3.63) is 150 Å². The number of rotatable bonds is 12. The molecule has 4 heterocycles. The first-order valence-electron chi connectivity index (χ1n) is 23.5. The zero-order chi connectivity index (χ0) is 60.4. The Morgan fingerprint density at radius 2 is 0.731 bits per heavy atom. The van der Waals surface area contributed by atoms with E-state index in [4.69, 9.17) is 30.8 Å². The fourth-order valence-corrected chi connectivity index (χ4v) is 8.52. The standard InChI is InChI=1S/2C9H13NO2S.3C8H12N2O2S.C7H11N3O2S/c1-7(2)8-3-5-9(6-4-8)13(10,11)12;1-7(2)8-4-3-5-9(6-8)13(10,11)12;1-6(2)8-5-7(3-4-10-8)13(9,11)12;1-6(2)8-4-3-7(5-10-8)13(9,11)12;1-6(2)7-3-4-8(10-5-7)13(9,11)12;1-5(2)7-9-3-6(4-10-7)13(8,11)12/h2*3-7H,1-2H3,(H2,10,11,12);3*3-6H,1-2H3,(H2,9,11,12);3-5H,1-2H3,(H2,8,11,12). The smallest absolute Gasteiger partial charge is 0.255 e. The topological polar surface area (TPSA) is 425 Å². The van der Waals surface area contributed by atoms with Gasteiger partial charge in [0.05, 0.1) is 27.1 Å². The van der Waals surface area contributed by atoms with Gasteiger partial charge in [-0.05, 0) is 101 Å². The van der Waals surface area contributed by atoms with Gasteiger partial charge in [0.15, 0.2) is 5.03 Å². The molecule has 6 rings (SSSR count). The molecule has 0 aliphatic heterocycles. The number of aromatic nitrogens is 5. The van der Waals surface area contributed by atoms with Crippen molar-refractivity contribution >= 4 is 60.1 Å². The maximum atomic E-state index is 11.0. The van der Waals surface area contributed by atoms with Gasteiger partial charge in [0.25, 0.3) is 10.0 Å². The van der Waals surface area contributed by atoms with Gasteiger partial charge in [0, 0.05) is 35.9 Å². The number of pyridine rings is 3. The molecule has 6 aromatic rings. The van der Waals surface area contributed by atoms with E-state index in [1.54, 1.807) is 36.4 Å². The number of sulfonamides is 6. The lowest BCUT2D eigenvalue weighted by atomic mass is 10.0. The average molecular weight is 1200 g/mol. The number of benzene rings is 2. The van der Waals surface area contributed by atoms with Gasteiger partial charge in [-0.15, -0.1) is 0 Å². The predicted molar refractivity (Wildman–Crippen MR) is 300 cm³/mol. The molecule has 23 nitrogen and oxygen atoms in total. The van der Waals surface area contributed by atoms with E-state index in [9.17, 15) is 50.5 Å². The van der Waals surface area contributed by atoms with Crippen LogP contribution in [-0.4, -0.2) is 75.4 Å². The molecular formula is C49H73N11O12S6. The van der Waals surface area contributed by atoms with Gasteiger partial charge in [-0.3, -0.25) is 9.97 Å². The van der Waals surface area contributed by atoms with E-state index < -0.39 is 60.1 Å². The van der Waals surface area contributed by atoms with Crippen molar-refractivity contribution < 1.29 is 50.5 Å². The van der Waals surface area contributed by atoms with Gasteiger partial charge >= 0.3 is 0 Å². The fourth-order valence-electron chi connectivity index (χ4n) is 5.59. The van der Waals surface area contributed by atoms with Gasteiger partial charge in [-0.2, -0.15) is 0 Å². The fraction of sp³-hybridized carbons (Fsp3) is 0.367. The van der Waals surface area contributed by atoms with Crippen LogP contribution in [0.2, 0.25) is 0 Å². The quantitative estimate of drug-likeness (QED) is 0.0853. The SMILES string of the molecule is CC(C)c1cc(S(N)(=O)=O)ccn1.CC(C)c1ccc(S(N)(=O)=O)cc1.CC(C)c1ccc(S(N)(=O)=O)cn1.CC(C)c1ccc(S(N)(=O)=O)nc1.CC(C)c1cccc(S(N)(=O)=O)c1.CC(C)c1ncc(S(N)(=O)=O)cn1. The van der Waals surface area contributed by atoms with E-state index in [-0.39, 0.29) is 47.3 Å². The summed E-state index contributed by atoms with van der Waals surface area (Å²) >= 11 is 0. The molecule has 0 spiro atoms. The summed E-state index contributed by atoms with van der Waals surface area (Å²) in [6.45, 7) is 23.8. The van der Waals surface area contributed by atoms with E-state index >= 15 is 0 Å². The lowest BCUT2D eigenvalue weighted by Crippen LogP contribution is -2.13. The maximum absolute atomic E-state index is 11.0. The maximum Gasteiger partial charge on any atom is 0.255 e. The van der Waals surface area contributed by atoms with Crippen molar-refractivity contribution in [2.75, 3.05) is 0 Å². The lowest BCUT2D eigenvalue weighted by Gasteiger charge is -2.06. The summed E-state index contributed by atoms with van der Waals surface area (Å²) in [5, 5.41) is 29.5. The highest BCUT2D eigenvalue weighted by Crippen LogP contribution is 2.20. The molecule has 78 heavy (non-hydrogen) atoms. The van der Waals surface area contributed by atoms with Crippen LogP contribution >= 0.6 is 0 Å². The van der Waals surface area contributed by atoms with Crippen molar-refractivity contribution in [2.45, 2.75) is 148 Å². The average Bonchev–Trinajstić information content (AvgIpc) is 3.33. The van der Waals surface area contributed by atoms with Crippen molar-refractivity contribution in [2.24, 2.45) is 30.8 Å². The van der Waals surface area contributed by atoms with E-state index in [0.717, 1.165) is 28.1 Å². The van der Waals surface area contributed by atoms with Gasteiger partial charge < -0.3 is 0 Å². The molecule has 0 saturated heterocycles. The Kier molecular flexibility index (Phi) is 27.2. The third-order valence-electron chi connectivity index (χ3n) is 10.3. The molecule has 0 unspecified atom stereocenters. The minimum absolute atomic E-state index is 0.0527. The monoisotopic (exact) mass is 1200 g/mol. The molecule has 0 radical (unpaired) electrons. The largest absolute Gasteiger partial charge is 0.261 e. The summed E-state index contributed by atoms with van der Waals surface area (Å²) in [6.07, 6.45) is 6.71. The lowest BCUT2D eigenvalue weighted by molar-refractivity contribution is 0.592. The Morgan fingerprint density at radius 1 is 0.308 bits per heavy atom. The third-order valence-corrected chi connectivity index (χ3v) is 15.6. The predicted octanol–water partition coefficient (Wildman–Crippen LogP) is 5.72. The first-order valence-corrected chi connectivity index (χ1v) is 32.8. The van der Waals surface area contributed by atoms with Gasteiger partial charge in [-0.25, -0.2) is 96.3 Å². The van der Waals surface area contributed by atoms with E-state index in [2.05, 4.69) is 24.9 Å². The second kappa shape index (κ2) is 30.1. The second-order valence-corrected chi connectivity index (χ2v) is 28.2. The summed E-state index contributed by atoms with van der Waals surface area (Å²) in [6, 6.07) is 22.5. The number of nitrogens with two attached hydrogens (primary N) is 6. The van der Waals surface area contributed by atoms with Gasteiger partial charge in [0.2, 0.25) is 50.1 Å². The highest BCUT2D eigenvalue weighted by molar-refractivity contribution is 7.90. The Morgan fingerprint density at radius 3 is 1.09 bits per heavy atom. The van der Waals surface area contributed by atoms with Crippen LogP contribution in [0.15, 0.2) is 145 Å². The second-order valence-electron chi connectivity index (χ2n) is 18.9. The van der Waals surface area contributed by atoms with E-state index in [0.29, 0.717) is 23.6 Å². The first kappa shape index (κ1) is 70.4. The molecule has 0 aliphatic carbocycles. The van der Waals surface area contributed by atoms with Crippen molar-refractivity contribution in [3.8, 4) is 0 Å². The molecule has 12 N–H and O–H groups in total. The number of nitrogens with zero attached hydrogens (tertiary/aromatic N) is 5. The van der Waals surface area contributed by atoms with Crippen LogP contribution in [0, 0.1) is 0 Å². The van der Waals surface area contributed by atoms with Crippen LogP contribution in [0.3, 0.4) is 0 Å². The molecule has 0 fully saturated rings. The van der Waals surface area contributed by atoms with Crippen LogP contribution < -0.4 is 30.8 Å². The number of primary sulfonamides is 6. The van der Waals surface area contributed by atoms with Crippen molar-refractivity contribution in [3.63, 3.8) is 0 Å². The summed E-state index contributed by atoms with van der Waals surface area (Å²) in [4.78, 5) is 20.0. The van der Waals surface area contributed by atoms with E-state index in [1.807, 2.05) is 89.2 Å². The van der Waals surface area contributed by atoms with Crippen LogP contribution in [0.5, 0.6) is 0 Å². The molecule has 0 aliphatic rings. The minimum atomic E-state index is -3.67. The normalized spacial score (nSPS) is 12.0. The minimum Gasteiger partial charge on any atom is -0.261 e. The van der Waals surface area contributed by atoms with Crippen LogP contribution in [0.1, 0.15) is 152 Å². The highest BCUT2D eigenvalue weighted by Gasteiger charge is 2.14. The Balaban J connectivity index is 0.000000468. The van der Waals surface area contributed by atoms with Crippen molar-refractivity contribution in [1.82, 2.24) is 24.9 Å². The van der Waals surface area contributed by atoms with Gasteiger partial charge in [-0.1, -0.05) is 113 Å². The molecule has 2 aromatic carbocycles. The molecule has 0 saturated carbocycles. The molecular weight excluding hydrogens is 1130 g/mol. The summed E-state index contributed by atoms with van der Waals surface area (Å²) in [5.74, 6) is 2.30. The van der Waals surface area contributed by atoms with Crippen LogP contribution in [0.4, 0.5) is 0 Å². The Hall–Kier alpha value is -5.57. The first-order chi connectivity index (χ1) is 35.5. The third kappa shape index (κ3) is 25.9. The molecule has 29 heteroatoms. The van der Waals surface area contributed by atoms with Crippen LogP contribution in [0.25, 0.3) is 0 Å². The van der Waals surface area contributed by atoms with Crippen molar-refractivity contribution in [1.29, 1.82) is 0 Å². The zero-order valence-corrected chi connectivity index (χ0v) is 50.4. The summed E-state index contributed by atoms with van der Waals surface area (Å²) in [7, 11) is -21.6. The van der Waals surface area contributed by atoms with E-state index in [1.165, 1.54) is 73.4 Å². The molecule has 4 aromatic heterocycles. The van der Waals surface area contributed by atoms with Crippen LogP contribution in [-0.2, 0) is 60.1 Å². The number of hydrogen-bond donors (Lipinski definition) is 6. The Labute approximate surface area is 461 Å². The molecule has 0 bridgehead atoms.